The Kier molecular flexibility index (Phi) is 3.70. The maximum atomic E-state index is 12.4. The average Bonchev–Trinajstić information content (AvgIpc) is 2.91. The first-order valence-corrected chi connectivity index (χ1v) is 7.88. The van der Waals surface area contributed by atoms with Gasteiger partial charge in [0.25, 0.3) is 0 Å². The number of para-hydroxylation sites is 1. The molecule has 0 atom stereocenters. The van der Waals surface area contributed by atoms with E-state index in [0.717, 1.165) is 4.68 Å². The molecule has 0 aliphatic rings. The number of fused-ring (bicyclic) bond motifs is 3. The smallest absolute Gasteiger partial charge is 0.324 e. The zero-order valence-corrected chi connectivity index (χ0v) is 13.6. The summed E-state index contributed by atoms with van der Waals surface area (Å²) in [7, 11) is 0. The van der Waals surface area contributed by atoms with Crippen LogP contribution >= 0.6 is 11.6 Å². The van der Waals surface area contributed by atoms with Crippen molar-refractivity contribution in [1.82, 2.24) is 19.2 Å². The van der Waals surface area contributed by atoms with Crippen molar-refractivity contribution in [2.75, 3.05) is 5.32 Å². The molecule has 0 unspecified atom stereocenters. The SMILES string of the molecule is O=C(Cn1nc2c3ccc(Cl)cc3ncn2c1=O)Nc1ccccc1. The van der Waals surface area contributed by atoms with Gasteiger partial charge in [-0.2, -0.15) is 0 Å². The van der Waals surface area contributed by atoms with E-state index in [1.807, 2.05) is 18.2 Å². The molecule has 2 aromatic carbocycles. The number of carbonyl (C=O) groups is 1. The lowest BCUT2D eigenvalue weighted by atomic mass is 10.2. The van der Waals surface area contributed by atoms with Gasteiger partial charge in [-0.3, -0.25) is 4.79 Å². The molecule has 7 nitrogen and oxygen atoms in total. The Hall–Kier alpha value is -3.19. The molecular formula is C17H12ClN5O2. The highest BCUT2D eigenvalue weighted by atomic mass is 35.5. The first kappa shape index (κ1) is 15.3. The highest BCUT2D eigenvalue weighted by Crippen LogP contribution is 2.19. The van der Waals surface area contributed by atoms with Crippen LogP contribution in [0.15, 0.2) is 59.7 Å². The fraction of sp³-hybridized carbons (Fsp3) is 0.0588. The predicted octanol–water partition coefficient (Wildman–Crippen LogP) is 2.34. The van der Waals surface area contributed by atoms with Crippen molar-refractivity contribution in [2.24, 2.45) is 0 Å². The first-order chi connectivity index (χ1) is 12.1. The van der Waals surface area contributed by atoms with Gasteiger partial charge in [-0.1, -0.05) is 29.8 Å². The molecule has 4 aromatic rings. The Bertz CT molecular complexity index is 1150. The molecule has 1 N–H and O–H groups in total. The second kappa shape index (κ2) is 6.03. The molecule has 0 aliphatic heterocycles. The van der Waals surface area contributed by atoms with Crippen molar-refractivity contribution in [3.05, 3.63) is 70.4 Å². The van der Waals surface area contributed by atoms with Gasteiger partial charge < -0.3 is 5.32 Å². The highest BCUT2D eigenvalue weighted by Gasteiger charge is 2.13. The van der Waals surface area contributed by atoms with Crippen LogP contribution in [0.3, 0.4) is 0 Å². The summed E-state index contributed by atoms with van der Waals surface area (Å²) >= 11 is 5.97. The van der Waals surface area contributed by atoms with Crippen LogP contribution in [0.1, 0.15) is 0 Å². The van der Waals surface area contributed by atoms with Gasteiger partial charge in [-0.25, -0.2) is 18.9 Å². The molecule has 0 bridgehead atoms. The van der Waals surface area contributed by atoms with Crippen molar-refractivity contribution in [1.29, 1.82) is 0 Å². The lowest BCUT2D eigenvalue weighted by molar-refractivity contribution is -0.117. The van der Waals surface area contributed by atoms with Gasteiger partial charge in [0.15, 0.2) is 5.65 Å². The summed E-state index contributed by atoms with van der Waals surface area (Å²) in [6.45, 7) is -0.190. The summed E-state index contributed by atoms with van der Waals surface area (Å²) in [6, 6.07) is 14.2. The van der Waals surface area contributed by atoms with E-state index in [2.05, 4.69) is 15.4 Å². The third-order valence-corrected chi connectivity index (χ3v) is 3.97. The number of nitrogens with one attached hydrogen (secondary N) is 1. The summed E-state index contributed by atoms with van der Waals surface area (Å²) in [5, 5.41) is 8.24. The molecular weight excluding hydrogens is 342 g/mol. The largest absolute Gasteiger partial charge is 0.352 e. The number of benzene rings is 2. The predicted molar refractivity (Wildman–Crippen MR) is 94.8 cm³/mol. The topological polar surface area (TPSA) is 81.3 Å². The quantitative estimate of drug-likeness (QED) is 0.613. The molecule has 1 amide bonds. The van der Waals surface area contributed by atoms with Crippen LogP contribution in [-0.4, -0.2) is 25.1 Å². The third-order valence-electron chi connectivity index (χ3n) is 3.73. The lowest BCUT2D eigenvalue weighted by Gasteiger charge is -2.03. The normalized spacial score (nSPS) is 11.1. The molecule has 25 heavy (non-hydrogen) atoms. The number of halogens is 1. The summed E-state index contributed by atoms with van der Waals surface area (Å²) < 4.78 is 2.43. The van der Waals surface area contributed by atoms with E-state index in [0.29, 0.717) is 27.3 Å². The number of aromatic nitrogens is 4. The molecule has 0 spiro atoms. The van der Waals surface area contributed by atoms with Crippen molar-refractivity contribution >= 4 is 39.7 Å². The minimum absolute atomic E-state index is 0.190. The van der Waals surface area contributed by atoms with Gasteiger partial charge in [0.2, 0.25) is 5.91 Å². The van der Waals surface area contributed by atoms with Crippen LogP contribution in [0.2, 0.25) is 5.02 Å². The monoisotopic (exact) mass is 353 g/mol. The second-order valence-electron chi connectivity index (χ2n) is 5.45. The average molecular weight is 354 g/mol. The zero-order chi connectivity index (χ0) is 17.4. The van der Waals surface area contributed by atoms with Gasteiger partial charge in [0, 0.05) is 16.1 Å². The van der Waals surface area contributed by atoms with E-state index in [9.17, 15) is 9.59 Å². The van der Waals surface area contributed by atoms with Crippen LogP contribution < -0.4 is 11.0 Å². The van der Waals surface area contributed by atoms with Crippen LogP contribution in [0, 0.1) is 0 Å². The minimum atomic E-state index is -0.428. The molecule has 0 saturated heterocycles. The van der Waals surface area contributed by atoms with Gasteiger partial charge >= 0.3 is 5.69 Å². The van der Waals surface area contributed by atoms with Gasteiger partial charge in [-0.05, 0) is 30.3 Å². The Morgan fingerprint density at radius 3 is 2.76 bits per heavy atom. The first-order valence-electron chi connectivity index (χ1n) is 7.50. The Labute approximate surface area is 146 Å². The van der Waals surface area contributed by atoms with E-state index >= 15 is 0 Å². The van der Waals surface area contributed by atoms with Crippen LogP contribution in [-0.2, 0) is 11.3 Å². The fourth-order valence-corrected chi connectivity index (χ4v) is 2.76. The molecule has 4 rings (SSSR count). The zero-order valence-electron chi connectivity index (χ0n) is 12.9. The molecule has 0 fully saturated rings. The second-order valence-corrected chi connectivity index (χ2v) is 5.89. The number of hydrogen-bond acceptors (Lipinski definition) is 4. The molecule has 2 aromatic heterocycles. The van der Waals surface area contributed by atoms with Crippen LogP contribution in [0.5, 0.6) is 0 Å². The van der Waals surface area contributed by atoms with Crippen molar-refractivity contribution < 1.29 is 4.79 Å². The Morgan fingerprint density at radius 1 is 1.16 bits per heavy atom. The molecule has 8 heteroatoms. The lowest BCUT2D eigenvalue weighted by Crippen LogP contribution is -2.28. The highest BCUT2D eigenvalue weighted by molar-refractivity contribution is 6.31. The molecule has 2 heterocycles. The number of carbonyl (C=O) groups excluding carboxylic acids is 1. The fourth-order valence-electron chi connectivity index (χ4n) is 2.59. The summed E-state index contributed by atoms with van der Waals surface area (Å²) in [5.74, 6) is -0.336. The number of rotatable bonds is 3. The maximum absolute atomic E-state index is 12.4. The van der Waals surface area contributed by atoms with Crippen LogP contribution in [0.25, 0.3) is 16.6 Å². The number of nitrogens with zero attached hydrogens (tertiary/aromatic N) is 4. The standard InChI is InChI=1S/C17H12ClN5O2/c18-11-6-7-13-14(8-11)19-10-22-16(13)21-23(17(22)25)9-15(24)20-12-4-2-1-3-5-12/h1-8,10H,9H2,(H,20,24). The van der Waals surface area contributed by atoms with E-state index in [1.165, 1.54) is 10.7 Å². The summed E-state index contributed by atoms with van der Waals surface area (Å²) in [6.07, 6.45) is 1.38. The van der Waals surface area contributed by atoms with Gasteiger partial charge in [-0.15, -0.1) is 5.10 Å². The molecule has 124 valence electrons. The van der Waals surface area contributed by atoms with E-state index in [4.69, 9.17) is 11.6 Å². The van der Waals surface area contributed by atoms with E-state index in [-0.39, 0.29) is 12.5 Å². The van der Waals surface area contributed by atoms with Gasteiger partial charge in [0.05, 0.1) is 5.52 Å². The molecule has 0 radical (unpaired) electrons. The Balaban J connectivity index is 1.70. The Morgan fingerprint density at radius 2 is 1.96 bits per heavy atom. The number of hydrogen-bond donors (Lipinski definition) is 1. The summed E-state index contributed by atoms with van der Waals surface area (Å²) in [4.78, 5) is 28.8. The van der Waals surface area contributed by atoms with E-state index < -0.39 is 5.69 Å². The van der Waals surface area contributed by atoms with Crippen molar-refractivity contribution in [2.45, 2.75) is 6.54 Å². The summed E-state index contributed by atoms with van der Waals surface area (Å²) in [5.41, 5.74) is 1.29. The minimum Gasteiger partial charge on any atom is -0.324 e. The maximum Gasteiger partial charge on any atom is 0.352 e. The number of anilines is 1. The third kappa shape index (κ3) is 2.85. The molecule has 0 saturated carbocycles. The van der Waals surface area contributed by atoms with Crippen molar-refractivity contribution in [3.8, 4) is 0 Å². The van der Waals surface area contributed by atoms with Crippen molar-refractivity contribution in [3.63, 3.8) is 0 Å². The van der Waals surface area contributed by atoms with Crippen LogP contribution in [0.4, 0.5) is 5.69 Å². The molecule has 0 aliphatic carbocycles. The van der Waals surface area contributed by atoms with E-state index in [1.54, 1.807) is 30.3 Å². The van der Waals surface area contributed by atoms with Gasteiger partial charge in [0.1, 0.15) is 12.9 Å². The number of amides is 1.